The number of carbonyl (C=O) groups is 2. The zero-order chi connectivity index (χ0) is 21.1. The molecule has 4 rings (SSSR count). The first-order valence-corrected chi connectivity index (χ1v) is 10.0. The number of carbonyl (C=O) groups excluding carboxylic acids is 2. The largest absolute Gasteiger partial charge is 0.457 e. The minimum Gasteiger partial charge on any atom is -0.457 e. The zero-order valence-corrected chi connectivity index (χ0v) is 16.9. The van der Waals surface area contributed by atoms with Crippen molar-refractivity contribution in [2.24, 2.45) is 5.73 Å². The predicted molar refractivity (Wildman–Crippen MR) is 116 cm³/mol. The fourth-order valence-corrected chi connectivity index (χ4v) is 3.30. The number of rotatable bonds is 7. The van der Waals surface area contributed by atoms with E-state index in [4.69, 9.17) is 10.5 Å². The summed E-state index contributed by atoms with van der Waals surface area (Å²) in [6, 6.07) is 22.4. The van der Waals surface area contributed by atoms with Gasteiger partial charge in [-0.15, -0.1) is 0 Å². The summed E-state index contributed by atoms with van der Waals surface area (Å²) < 4.78 is 5.80. The highest BCUT2D eigenvalue weighted by molar-refractivity contribution is 5.95. The van der Waals surface area contributed by atoms with Gasteiger partial charge in [0.1, 0.15) is 11.5 Å². The highest BCUT2D eigenvalue weighted by atomic mass is 16.5. The molecule has 0 saturated heterocycles. The van der Waals surface area contributed by atoms with Crippen molar-refractivity contribution >= 4 is 11.8 Å². The number of aryl methyl sites for hydroxylation is 1. The van der Waals surface area contributed by atoms with E-state index in [1.165, 1.54) is 5.56 Å². The molecular formula is C25H24N2O3. The summed E-state index contributed by atoms with van der Waals surface area (Å²) in [6.07, 6.45) is 2.11. The van der Waals surface area contributed by atoms with Gasteiger partial charge in [-0.25, -0.2) is 0 Å². The number of nitrogens with two attached hydrogens (primary N) is 1. The Labute approximate surface area is 176 Å². The van der Waals surface area contributed by atoms with Gasteiger partial charge >= 0.3 is 0 Å². The van der Waals surface area contributed by atoms with Crippen LogP contribution in [0, 0.1) is 6.92 Å². The van der Waals surface area contributed by atoms with E-state index < -0.39 is 5.91 Å². The minimum absolute atomic E-state index is 0.0374. The van der Waals surface area contributed by atoms with Gasteiger partial charge in [0.2, 0.25) is 5.91 Å². The van der Waals surface area contributed by atoms with E-state index in [0.717, 1.165) is 18.4 Å². The maximum atomic E-state index is 13.1. The number of benzene rings is 3. The van der Waals surface area contributed by atoms with Crippen molar-refractivity contribution in [3.63, 3.8) is 0 Å². The number of hydrogen-bond donors (Lipinski definition) is 1. The molecule has 0 radical (unpaired) electrons. The van der Waals surface area contributed by atoms with Crippen LogP contribution in [0.25, 0.3) is 0 Å². The molecule has 0 heterocycles. The third kappa shape index (κ3) is 4.69. The Kier molecular flexibility index (Phi) is 5.53. The third-order valence-corrected chi connectivity index (χ3v) is 5.20. The monoisotopic (exact) mass is 400 g/mol. The van der Waals surface area contributed by atoms with Gasteiger partial charge in [0.15, 0.2) is 0 Å². The summed E-state index contributed by atoms with van der Waals surface area (Å²) in [5.41, 5.74) is 8.67. The lowest BCUT2D eigenvalue weighted by atomic mass is 10.1. The maximum absolute atomic E-state index is 13.1. The fraction of sp³-hybridized carbons (Fsp3) is 0.200. The number of primary amides is 1. The van der Waals surface area contributed by atoms with E-state index in [0.29, 0.717) is 35.2 Å². The second-order valence-electron chi connectivity index (χ2n) is 7.66. The fourth-order valence-electron chi connectivity index (χ4n) is 3.30. The molecule has 1 aliphatic carbocycles. The molecule has 2 amide bonds. The molecule has 5 heteroatoms. The van der Waals surface area contributed by atoms with Crippen molar-refractivity contribution in [1.29, 1.82) is 0 Å². The van der Waals surface area contributed by atoms with E-state index in [-0.39, 0.29) is 5.91 Å². The quantitative estimate of drug-likeness (QED) is 0.625. The van der Waals surface area contributed by atoms with Crippen LogP contribution in [0.5, 0.6) is 11.5 Å². The minimum atomic E-state index is -0.477. The maximum Gasteiger partial charge on any atom is 0.254 e. The number of nitrogens with zero attached hydrogens (tertiary/aromatic N) is 1. The van der Waals surface area contributed by atoms with Gasteiger partial charge < -0.3 is 15.4 Å². The van der Waals surface area contributed by atoms with Crippen LogP contribution in [0.2, 0.25) is 0 Å². The molecule has 3 aromatic rings. The molecule has 1 aliphatic rings. The molecule has 1 fully saturated rings. The molecule has 3 aromatic carbocycles. The topological polar surface area (TPSA) is 72.6 Å². The molecule has 0 atom stereocenters. The lowest BCUT2D eigenvalue weighted by molar-refractivity contribution is 0.0729. The standard InChI is InChI=1S/C25H24N2O3/c1-17-2-4-18(5-3-17)16-27(21-10-11-21)25(29)20-8-14-23(15-9-20)30-22-12-6-19(7-13-22)24(26)28/h2-9,12-15,21H,10-11,16H2,1H3,(H2,26,28). The second-order valence-corrected chi connectivity index (χ2v) is 7.66. The Morgan fingerprint density at radius 2 is 1.40 bits per heavy atom. The van der Waals surface area contributed by atoms with Crippen molar-refractivity contribution in [2.75, 3.05) is 0 Å². The van der Waals surface area contributed by atoms with Crippen molar-refractivity contribution in [3.05, 3.63) is 95.1 Å². The lowest BCUT2D eigenvalue weighted by Gasteiger charge is -2.23. The number of ether oxygens (including phenoxy) is 1. The van der Waals surface area contributed by atoms with Gasteiger partial charge in [-0.2, -0.15) is 0 Å². The van der Waals surface area contributed by atoms with Gasteiger partial charge in [0.05, 0.1) is 0 Å². The van der Waals surface area contributed by atoms with Crippen LogP contribution >= 0.6 is 0 Å². The molecule has 2 N–H and O–H groups in total. The highest BCUT2D eigenvalue weighted by Crippen LogP contribution is 2.30. The summed E-state index contributed by atoms with van der Waals surface area (Å²) in [5.74, 6) is 0.777. The van der Waals surface area contributed by atoms with E-state index in [9.17, 15) is 9.59 Å². The second kappa shape index (κ2) is 8.41. The van der Waals surface area contributed by atoms with Gasteiger partial charge in [-0.05, 0) is 73.9 Å². The van der Waals surface area contributed by atoms with Crippen molar-refractivity contribution in [2.45, 2.75) is 32.4 Å². The molecule has 1 saturated carbocycles. The summed E-state index contributed by atoms with van der Waals surface area (Å²) in [4.78, 5) is 26.2. The Balaban J connectivity index is 1.44. The van der Waals surface area contributed by atoms with Crippen LogP contribution in [-0.2, 0) is 6.54 Å². The molecule has 152 valence electrons. The first-order valence-electron chi connectivity index (χ1n) is 10.0. The molecule has 0 aromatic heterocycles. The average Bonchev–Trinajstić information content (AvgIpc) is 3.59. The molecule has 0 bridgehead atoms. The molecule has 0 unspecified atom stereocenters. The Morgan fingerprint density at radius 1 is 0.867 bits per heavy atom. The Morgan fingerprint density at radius 3 is 1.90 bits per heavy atom. The highest BCUT2D eigenvalue weighted by Gasteiger charge is 2.33. The lowest BCUT2D eigenvalue weighted by Crippen LogP contribution is -2.32. The third-order valence-electron chi connectivity index (χ3n) is 5.20. The molecule has 5 nitrogen and oxygen atoms in total. The van der Waals surface area contributed by atoms with E-state index in [1.807, 2.05) is 4.90 Å². The number of hydrogen-bond acceptors (Lipinski definition) is 3. The van der Waals surface area contributed by atoms with Crippen molar-refractivity contribution < 1.29 is 14.3 Å². The van der Waals surface area contributed by atoms with Crippen LogP contribution in [0.3, 0.4) is 0 Å². The smallest absolute Gasteiger partial charge is 0.254 e. The van der Waals surface area contributed by atoms with Gasteiger partial charge in [0.25, 0.3) is 5.91 Å². The van der Waals surface area contributed by atoms with Gasteiger partial charge in [-0.1, -0.05) is 29.8 Å². The Hall–Kier alpha value is -3.60. The average molecular weight is 400 g/mol. The molecule has 30 heavy (non-hydrogen) atoms. The van der Waals surface area contributed by atoms with E-state index >= 15 is 0 Å². The SMILES string of the molecule is Cc1ccc(CN(C(=O)c2ccc(Oc3ccc(C(N)=O)cc3)cc2)C2CC2)cc1. The summed E-state index contributed by atoms with van der Waals surface area (Å²) in [6.45, 7) is 2.68. The Bertz CT molecular complexity index is 1040. The molecule has 0 aliphatic heterocycles. The normalized spacial score (nSPS) is 13.0. The summed E-state index contributed by atoms with van der Waals surface area (Å²) >= 11 is 0. The van der Waals surface area contributed by atoms with Gasteiger partial charge in [-0.3, -0.25) is 9.59 Å². The van der Waals surface area contributed by atoms with Crippen LogP contribution in [-0.4, -0.2) is 22.8 Å². The van der Waals surface area contributed by atoms with Crippen molar-refractivity contribution in [3.8, 4) is 11.5 Å². The summed E-state index contributed by atoms with van der Waals surface area (Å²) in [5, 5.41) is 0. The predicted octanol–water partition coefficient (Wildman–Crippen LogP) is 4.69. The number of amides is 2. The van der Waals surface area contributed by atoms with E-state index in [2.05, 4.69) is 31.2 Å². The molecule has 0 spiro atoms. The van der Waals surface area contributed by atoms with Crippen molar-refractivity contribution in [1.82, 2.24) is 4.90 Å². The van der Waals surface area contributed by atoms with Crippen LogP contribution in [0.4, 0.5) is 0 Å². The van der Waals surface area contributed by atoms with Gasteiger partial charge in [0, 0.05) is 23.7 Å². The van der Waals surface area contributed by atoms with Crippen LogP contribution < -0.4 is 10.5 Å². The first-order chi connectivity index (χ1) is 14.5. The molecular weight excluding hydrogens is 376 g/mol. The van der Waals surface area contributed by atoms with Crippen LogP contribution in [0.15, 0.2) is 72.8 Å². The zero-order valence-electron chi connectivity index (χ0n) is 16.9. The summed E-state index contributed by atoms with van der Waals surface area (Å²) in [7, 11) is 0. The first kappa shape index (κ1) is 19.7. The van der Waals surface area contributed by atoms with E-state index in [1.54, 1.807) is 48.5 Å². The van der Waals surface area contributed by atoms with Crippen LogP contribution in [0.1, 0.15) is 44.7 Å².